The van der Waals surface area contributed by atoms with Crippen molar-refractivity contribution in [3.8, 4) is 5.75 Å². The van der Waals surface area contributed by atoms with Crippen LogP contribution in [-0.4, -0.2) is 18.1 Å². The van der Waals surface area contributed by atoms with Crippen LogP contribution in [0, 0.1) is 0 Å². The number of nitrogen functional groups attached to an aromatic ring is 1. The monoisotopic (exact) mass is 343 g/mol. The minimum atomic E-state index is -4.30. The van der Waals surface area contributed by atoms with Crippen LogP contribution in [0.15, 0.2) is 69.7 Å². The summed E-state index contributed by atoms with van der Waals surface area (Å²) < 4.78 is 32.0. The van der Waals surface area contributed by atoms with Crippen LogP contribution < -0.4 is 5.73 Å². The van der Waals surface area contributed by atoms with Gasteiger partial charge in [0.2, 0.25) is 0 Å². The van der Waals surface area contributed by atoms with E-state index in [0.29, 0.717) is 22.1 Å². The molecule has 0 aliphatic rings. The molecule has 4 N–H and O–H groups in total. The Balaban J connectivity index is 1.99. The second-order valence-electron chi connectivity index (χ2n) is 5.08. The fourth-order valence-corrected chi connectivity index (χ4v) is 2.96. The number of nitrogens with two attached hydrogens (primary N) is 1. The van der Waals surface area contributed by atoms with E-state index >= 15 is 0 Å². The van der Waals surface area contributed by atoms with E-state index < -0.39 is 10.1 Å². The lowest BCUT2D eigenvalue weighted by Gasteiger charge is -2.04. The standard InChI is InChI=1S/C16H13N3O4S/c17-14-9-12(5-7-15(14)20)19-18-11-4-6-13-10(8-11)2-1-3-16(13)24(21,22)23/h1-9,20H,17H2,(H,21,22,23). The maximum absolute atomic E-state index is 11.4. The average molecular weight is 343 g/mol. The van der Waals surface area contributed by atoms with Gasteiger partial charge in [0.15, 0.2) is 0 Å². The lowest BCUT2D eigenvalue weighted by Crippen LogP contribution is -1.98. The molecule has 0 saturated heterocycles. The summed E-state index contributed by atoms with van der Waals surface area (Å²) >= 11 is 0. The van der Waals surface area contributed by atoms with Crippen LogP contribution in [0.4, 0.5) is 17.1 Å². The SMILES string of the molecule is Nc1cc(N=Nc2ccc3c(S(=O)(=O)O)cccc3c2)ccc1O. The maximum atomic E-state index is 11.4. The smallest absolute Gasteiger partial charge is 0.295 e. The van der Waals surface area contributed by atoms with Gasteiger partial charge in [0.1, 0.15) is 10.6 Å². The maximum Gasteiger partial charge on any atom is 0.295 e. The van der Waals surface area contributed by atoms with E-state index in [9.17, 15) is 18.1 Å². The molecule has 122 valence electrons. The highest BCUT2D eigenvalue weighted by Crippen LogP contribution is 2.29. The van der Waals surface area contributed by atoms with E-state index in [-0.39, 0.29) is 16.3 Å². The number of benzene rings is 3. The van der Waals surface area contributed by atoms with E-state index in [1.54, 1.807) is 30.3 Å². The molecule has 0 amide bonds. The minimum Gasteiger partial charge on any atom is -0.506 e. The summed E-state index contributed by atoms with van der Waals surface area (Å²) in [6, 6.07) is 13.8. The van der Waals surface area contributed by atoms with E-state index in [2.05, 4.69) is 10.2 Å². The van der Waals surface area contributed by atoms with Gasteiger partial charge in [-0.2, -0.15) is 18.6 Å². The zero-order valence-corrected chi connectivity index (χ0v) is 13.1. The molecule has 0 saturated carbocycles. The number of hydrogen-bond donors (Lipinski definition) is 3. The summed E-state index contributed by atoms with van der Waals surface area (Å²) in [6.45, 7) is 0. The highest BCUT2D eigenvalue weighted by Gasteiger charge is 2.13. The number of phenolic OH excluding ortho intramolecular Hbond substituents is 1. The summed E-state index contributed by atoms with van der Waals surface area (Å²) in [5, 5.41) is 18.5. The Morgan fingerprint density at radius 2 is 1.58 bits per heavy atom. The van der Waals surface area contributed by atoms with Crippen molar-refractivity contribution in [1.29, 1.82) is 0 Å². The average Bonchev–Trinajstić information content (AvgIpc) is 2.54. The highest BCUT2D eigenvalue weighted by atomic mass is 32.2. The topological polar surface area (TPSA) is 125 Å². The minimum absolute atomic E-state index is 0.0302. The Bertz CT molecular complexity index is 1060. The van der Waals surface area contributed by atoms with Crippen molar-refractivity contribution in [2.24, 2.45) is 10.2 Å². The quantitative estimate of drug-likeness (QED) is 0.289. The number of fused-ring (bicyclic) bond motifs is 1. The first-order chi connectivity index (χ1) is 11.3. The van der Waals surface area contributed by atoms with Crippen LogP contribution in [0.5, 0.6) is 5.75 Å². The number of anilines is 1. The lowest BCUT2D eigenvalue weighted by molar-refractivity contribution is 0.478. The molecule has 0 aliphatic heterocycles. The predicted octanol–water partition coefficient (Wildman–Crippen LogP) is 3.79. The van der Waals surface area contributed by atoms with Crippen LogP contribution in [0.2, 0.25) is 0 Å². The molecule has 0 aliphatic carbocycles. The molecule has 0 bridgehead atoms. The second-order valence-corrected chi connectivity index (χ2v) is 6.47. The Morgan fingerprint density at radius 3 is 2.25 bits per heavy atom. The van der Waals surface area contributed by atoms with Crippen molar-refractivity contribution in [3.05, 3.63) is 54.6 Å². The van der Waals surface area contributed by atoms with Crippen LogP contribution in [0.1, 0.15) is 0 Å². The van der Waals surface area contributed by atoms with Crippen molar-refractivity contribution >= 4 is 38.0 Å². The zero-order valence-electron chi connectivity index (χ0n) is 12.3. The number of azo groups is 1. The molecule has 0 unspecified atom stereocenters. The molecule has 0 radical (unpaired) electrons. The van der Waals surface area contributed by atoms with Crippen molar-refractivity contribution in [2.45, 2.75) is 4.90 Å². The molecule has 3 aromatic carbocycles. The van der Waals surface area contributed by atoms with Gasteiger partial charge in [0, 0.05) is 5.39 Å². The number of hydrogen-bond acceptors (Lipinski definition) is 6. The molecule has 3 aromatic rings. The molecule has 0 aromatic heterocycles. The third-order valence-electron chi connectivity index (χ3n) is 3.39. The zero-order chi connectivity index (χ0) is 17.3. The molecule has 24 heavy (non-hydrogen) atoms. The van der Waals surface area contributed by atoms with Crippen molar-refractivity contribution in [1.82, 2.24) is 0 Å². The number of aromatic hydroxyl groups is 1. The molecule has 0 fully saturated rings. The van der Waals surface area contributed by atoms with Crippen molar-refractivity contribution < 1.29 is 18.1 Å². The molecule has 0 heterocycles. The molecular formula is C16H13N3O4S. The Hall–Kier alpha value is -2.97. The van der Waals surface area contributed by atoms with Gasteiger partial charge in [-0.15, -0.1) is 0 Å². The summed E-state index contributed by atoms with van der Waals surface area (Å²) in [6.07, 6.45) is 0. The summed E-state index contributed by atoms with van der Waals surface area (Å²) in [7, 11) is -4.30. The van der Waals surface area contributed by atoms with Crippen LogP contribution >= 0.6 is 0 Å². The first-order valence-corrected chi connectivity index (χ1v) is 8.29. The predicted molar refractivity (Wildman–Crippen MR) is 90.5 cm³/mol. The first kappa shape index (κ1) is 15.9. The van der Waals surface area contributed by atoms with E-state index in [4.69, 9.17) is 5.73 Å². The molecule has 8 heteroatoms. The van der Waals surface area contributed by atoms with Crippen LogP contribution in [-0.2, 0) is 10.1 Å². The summed E-state index contributed by atoms with van der Waals surface area (Å²) in [5.74, 6) is -0.0302. The molecule has 7 nitrogen and oxygen atoms in total. The third kappa shape index (κ3) is 3.19. The largest absolute Gasteiger partial charge is 0.506 e. The number of phenols is 1. The lowest BCUT2D eigenvalue weighted by atomic mass is 10.1. The van der Waals surface area contributed by atoms with Gasteiger partial charge in [-0.25, -0.2) is 0 Å². The molecule has 3 rings (SSSR count). The normalized spacial score (nSPS) is 12.0. The highest BCUT2D eigenvalue weighted by molar-refractivity contribution is 7.86. The van der Waals surface area contributed by atoms with Crippen molar-refractivity contribution in [3.63, 3.8) is 0 Å². The number of nitrogens with zero attached hydrogens (tertiary/aromatic N) is 2. The fourth-order valence-electron chi connectivity index (χ4n) is 2.25. The van der Waals surface area contributed by atoms with Gasteiger partial charge in [-0.1, -0.05) is 18.2 Å². The van der Waals surface area contributed by atoms with Crippen LogP contribution in [0.25, 0.3) is 10.8 Å². The Morgan fingerprint density at radius 1 is 0.917 bits per heavy atom. The van der Waals surface area contributed by atoms with E-state index in [1.165, 1.54) is 24.3 Å². The van der Waals surface area contributed by atoms with Gasteiger partial charge in [-0.3, -0.25) is 4.55 Å². The van der Waals surface area contributed by atoms with Crippen molar-refractivity contribution in [2.75, 3.05) is 5.73 Å². The molecular weight excluding hydrogens is 330 g/mol. The van der Waals surface area contributed by atoms with Gasteiger partial charge >= 0.3 is 0 Å². The van der Waals surface area contributed by atoms with E-state index in [1.807, 2.05) is 0 Å². The number of rotatable bonds is 3. The summed E-state index contributed by atoms with van der Waals surface area (Å²) in [5.41, 5.74) is 6.76. The van der Waals surface area contributed by atoms with Gasteiger partial charge in [-0.05, 0) is 41.8 Å². The fraction of sp³-hybridized carbons (Fsp3) is 0. The summed E-state index contributed by atoms with van der Waals surface area (Å²) in [4.78, 5) is -0.158. The third-order valence-corrected chi connectivity index (χ3v) is 4.31. The Kier molecular flexibility index (Phi) is 3.92. The van der Waals surface area contributed by atoms with Gasteiger partial charge in [0.25, 0.3) is 10.1 Å². The van der Waals surface area contributed by atoms with Crippen LogP contribution in [0.3, 0.4) is 0 Å². The van der Waals surface area contributed by atoms with Gasteiger partial charge in [0.05, 0.1) is 17.1 Å². The molecule has 0 atom stereocenters. The molecule has 0 spiro atoms. The Labute approximate surface area is 137 Å². The first-order valence-electron chi connectivity index (χ1n) is 6.85. The van der Waals surface area contributed by atoms with E-state index in [0.717, 1.165) is 0 Å². The van der Waals surface area contributed by atoms with Gasteiger partial charge < -0.3 is 10.8 Å². The second kappa shape index (κ2) is 5.91.